The molecule has 0 saturated carbocycles. The summed E-state index contributed by atoms with van der Waals surface area (Å²) >= 11 is 11.3. The lowest BCUT2D eigenvalue weighted by molar-refractivity contribution is -0.826. The topological polar surface area (TPSA) is 413 Å². The van der Waals surface area contributed by atoms with Crippen molar-refractivity contribution in [2.75, 3.05) is 27.4 Å². The Labute approximate surface area is 294 Å². The van der Waals surface area contributed by atoms with Crippen LogP contribution in [0.25, 0.3) is 0 Å². The van der Waals surface area contributed by atoms with Crippen LogP contribution in [0.15, 0.2) is 0 Å². The molecule has 0 N–H and O–H groups in total. The third kappa shape index (κ3) is 19.0. The summed E-state index contributed by atoms with van der Waals surface area (Å²) in [6, 6.07) is 0. The van der Waals surface area contributed by atoms with Crippen molar-refractivity contribution >= 4 is 70.9 Å². The van der Waals surface area contributed by atoms with Gasteiger partial charge in [-0.3, -0.25) is 28.5 Å². The fourth-order valence-corrected chi connectivity index (χ4v) is 4.44. The van der Waals surface area contributed by atoms with Crippen LogP contribution < -0.4 is 21.0 Å². The van der Waals surface area contributed by atoms with Crippen LogP contribution in [0.4, 0.5) is 0 Å². The van der Waals surface area contributed by atoms with Gasteiger partial charge in [-0.1, -0.05) is 0 Å². The molecule has 0 amide bonds. The molecule has 292 valence electrons. The van der Waals surface area contributed by atoms with Crippen LogP contribution in [-0.4, -0.2) is 132 Å². The minimum absolute atomic E-state index is 0.959. The van der Waals surface area contributed by atoms with Gasteiger partial charge in [0.1, 0.15) is 24.4 Å². The van der Waals surface area contributed by atoms with Gasteiger partial charge in [-0.2, -0.15) is 16.8 Å². The van der Waals surface area contributed by atoms with E-state index in [1.54, 1.807) is 0 Å². The molecule has 2 saturated heterocycles. The van der Waals surface area contributed by atoms with E-state index >= 15 is 0 Å². The van der Waals surface area contributed by atoms with E-state index in [2.05, 4.69) is 98.2 Å². The molecule has 0 radical (unpaired) electrons. The molecule has 29 nitrogen and oxygen atoms in total. The second kappa shape index (κ2) is 29.7. The molecule has 2 aliphatic rings. The maximum absolute atomic E-state index is 11.1. The zero-order chi connectivity index (χ0) is 38.8. The van der Waals surface area contributed by atoms with Crippen molar-refractivity contribution in [3.8, 4) is 0 Å². The maximum atomic E-state index is 11.1. The Balaban J connectivity index is -0.00000245. The van der Waals surface area contributed by atoms with Gasteiger partial charge in [0.25, 0.3) is 0 Å². The first kappa shape index (κ1) is 52.5. The predicted molar refractivity (Wildman–Crippen MR) is 128 cm³/mol. The van der Waals surface area contributed by atoms with Crippen LogP contribution in [0.2, 0.25) is 0 Å². The van der Waals surface area contributed by atoms with Crippen molar-refractivity contribution in [2.45, 2.75) is 61.4 Å². The van der Waals surface area contributed by atoms with Crippen LogP contribution in [0.3, 0.4) is 0 Å². The molecule has 49 heavy (non-hydrogen) atoms. The van der Waals surface area contributed by atoms with Crippen molar-refractivity contribution < 1.29 is 136 Å². The van der Waals surface area contributed by atoms with Crippen LogP contribution in [-0.2, 0) is 143 Å². The third-order valence-electron chi connectivity index (χ3n) is 5.33. The van der Waals surface area contributed by atoms with Gasteiger partial charge in [0, 0.05) is 14.2 Å². The van der Waals surface area contributed by atoms with Gasteiger partial charge in [0.2, 0.25) is 20.8 Å². The third-order valence-corrected chi connectivity index (χ3v) is 6.18. The normalized spacial score (nSPS) is 29.6. The maximum Gasteiger partial charge on any atom is 0.217 e. The predicted octanol–water partition coefficient (Wildman–Crippen LogP) is -9.54. The largest absolute Gasteiger partial charge is 0.726 e. The molecular weight excluding hydrogens is 825 g/mol. The number of rotatable bonds is 18. The Morgan fingerprint density at radius 1 is 0.510 bits per heavy atom. The van der Waals surface area contributed by atoms with E-state index in [9.17, 15) is 47.0 Å². The Bertz CT molecular complexity index is 1030. The summed E-state index contributed by atoms with van der Waals surface area (Å²) in [7, 11) is -8.84. The number of hydrogen-bond acceptors (Lipinski definition) is 33. The fraction of sp³-hybridized carbons (Fsp3) is 1.00. The SMILES string of the molecule is CO[C@@H]1OC(COS(=O)(=O)[O-])[C@@H](O[C@@H]2O[C@@H](COS(=O)(=O)[O-])[C@@H](OC)C(OO[O-])C2OO[O-])[C@H](OO[O-])C1OO[O-].O=S.O=S.O=S.O=S. The van der Waals surface area contributed by atoms with Crippen LogP contribution in [0.1, 0.15) is 0 Å². The Hall–Kier alpha value is -0.860. The zero-order valence-corrected chi connectivity index (χ0v) is 28.4. The van der Waals surface area contributed by atoms with Gasteiger partial charge >= 0.3 is 0 Å². The van der Waals surface area contributed by atoms with E-state index in [-0.39, 0.29) is 0 Å². The van der Waals surface area contributed by atoms with Gasteiger partial charge in [-0.15, -0.1) is 0 Å². The molecule has 2 fully saturated rings. The molecule has 0 aromatic carbocycles. The first-order chi connectivity index (χ1) is 23.3. The average molecular weight is 845 g/mol. The molecule has 0 aromatic rings. The molecule has 0 aromatic heterocycles. The van der Waals surface area contributed by atoms with E-state index in [4.69, 9.17) is 40.5 Å². The molecular formula is C14H20O29S6-6. The molecule has 2 aliphatic heterocycles. The molecule has 0 bridgehead atoms. The lowest BCUT2D eigenvalue weighted by Gasteiger charge is -2.48. The minimum atomic E-state index is -5.41. The Kier molecular flexibility index (Phi) is 31.8. The summed E-state index contributed by atoms with van der Waals surface area (Å²) in [4.78, 5) is 17.8. The lowest BCUT2D eigenvalue weighted by atomic mass is 9.96. The Morgan fingerprint density at radius 2 is 0.837 bits per heavy atom. The second-order valence-electron chi connectivity index (χ2n) is 7.52. The molecule has 2 heterocycles. The molecule has 2 rings (SSSR count). The van der Waals surface area contributed by atoms with Crippen molar-refractivity contribution in [3.63, 3.8) is 0 Å². The van der Waals surface area contributed by atoms with Gasteiger partial charge in [0.05, 0.1) is 13.2 Å². The van der Waals surface area contributed by atoms with E-state index in [0.29, 0.717) is 0 Å². The van der Waals surface area contributed by atoms with Crippen LogP contribution >= 0.6 is 0 Å². The molecule has 0 spiro atoms. The van der Waals surface area contributed by atoms with Crippen LogP contribution in [0.5, 0.6) is 0 Å². The summed E-state index contributed by atoms with van der Waals surface area (Å²) in [5, 5.41) is 56.6. The van der Waals surface area contributed by atoms with E-state index in [0.717, 1.165) is 14.2 Å². The highest BCUT2D eigenvalue weighted by Crippen LogP contribution is 2.34. The summed E-state index contributed by atoms with van der Waals surface area (Å²) < 4.78 is 132. The zero-order valence-electron chi connectivity index (χ0n) is 23.5. The first-order valence-electron chi connectivity index (χ1n) is 11.0. The van der Waals surface area contributed by atoms with Crippen molar-refractivity contribution in [1.29, 1.82) is 0 Å². The van der Waals surface area contributed by atoms with Gasteiger partial charge in [-0.05, 0) is 0 Å². The summed E-state index contributed by atoms with van der Waals surface area (Å²) in [6.07, 6.45) is -19.2. The quantitative estimate of drug-likeness (QED) is 0.0535. The Morgan fingerprint density at radius 3 is 1.18 bits per heavy atom. The molecule has 4 unspecified atom stereocenters. The van der Waals surface area contributed by atoms with Gasteiger partial charge in [-0.25, -0.2) is 36.4 Å². The fourth-order valence-electron chi connectivity index (χ4n) is 3.84. The standard InChI is InChI=1S/C14H26O25S2.4OS/c1-25-7-5(3-27-40(19,20)21)30-14(12(35-39-18)9(7)32-36-15)31-8-6(4-28-41(22,23)24)29-13(26-2)11(34-38-17)10(8)33-37-16;4*1-2/h5-18H,3-4H2,1-2H3,(H,19,20,21)(H,22,23,24);;;;/p-6/t5-,6?,7+,8+,9?,10-,11?,12?,13+,14-;;;;/m0..../s1. The number of hydrogen-bond donors (Lipinski definition) is 0. The molecule has 35 heteroatoms. The summed E-state index contributed by atoms with van der Waals surface area (Å²) in [5.74, 6) is 0. The van der Waals surface area contributed by atoms with E-state index in [1.165, 1.54) is 0 Å². The second-order valence-corrected chi connectivity index (χ2v) is 9.63. The average Bonchev–Trinajstić information content (AvgIpc) is 3.09. The number of methoxy groups -OCH3 is 2. The smallest absolute Gasteiger partial charge is 0.217 e. The van der Waals surface area contributed by atoms with Gasteiger partial charge < -0.3 is 53.8 Å². The minimum Gasteiger partial charge on any atom is -0.726 e. The lowest BCUT2D eigenvalue weighted by Crippen LogP contribution is -2.66. The van der Waals surface area contributed by atoms with Crippen molar-refractivity contribution in [3.05, 3.63) is 0 Å². The highest BCUT2D eigenvalue weighted by molar-refractivity contribution is 7.81. The summed E-state index contributed by atoms with van der Waals surface area (Å²) in [6.45, 7) is -2.37. The number of ether oxygens (including phenoxy) is 5. The highest BCUT2D eigenvalue weighted by Gasteiger charge is 2.55. The van der Waals surface area contributed by atoms with Gasteiger partial charge in [0.15, 0.2) is 87.1 Å². The molecule has 0 aliphatic carbocycles. The van der Waals surface area contributed by atoms with E-state index in [1.807, 2.05) is 0 Å². The first-order valence-corrected chi connectivity index (χ1v) is 15.0. The van der Waals surface area contributed by atoms with Crippen molar-refractivity contribution in [1.82, 2.24) is 0 Å². The molecule has 10 atom stereocenters. The van der Waals surface area contributed by atoms with Crippen LogP contribution in [0, 0.1) is 0 Å². The van der Waals surface area contributed by atoms with E-state index < -0.39 is 95.4 Å². The monoisotopic (exact) mass is 844 g/mol. The summed E-state index contributed by atoms with van der Waals surface area (Å²) in [5.41, 5.74) is 0. The highest BCUT2D eigenvalue weighted by atomic mass is 32.3. The van der Waals surface area contributed by atoms with Crippen molar-refractivity contribution in [2.24, 2.45) is 0 Å².